The van der Waals surface area contributed by atoms with E-state index in [1.165, 1.54) is 7.11 Å². The fraction of sp³-hybridized carbons (Fsp3) is 0.600. The van der Waals surface area contributed by atoms with Gasteiger partial charge in [-0.25, -0.2) is 4.98 Å². The quantitative estimate of drug-likeness (QED) is 0.692. The zero-order valence-electron chi connectivity index (χ0n) is 9.10. The van der Waals surface area contributed by atoms with E-state index in [0.717, 1.165) is 25.2 Å². The van der Waals surface area contributed by atoms with Gasteiger partial charge in [0, 0.05) is 18.3 Å². The first kappa shape index (κ1) is 12.1. The molecular formula is C10H16N2O2S. The van der Waals surface area contributed by atoms with Crippen LogP contribution in [-0.4, -0.2) is 36.6 Å². The van der Waals surface area contributed by atoms with Gasteiger partial charge in [-0.3, -0.25) is 4.79 Å². The van der Waals surface area contributed by atoms with Gasteiger partial charge in [0.25, 0.3) is 0 Å². The summed E-state index contributed by atoms with van der Waals surface area (Å²) in [5.41, 5.74) is 2.91. The van der Waals surface area contributed by atoms with E-state index in [1.54, 1.807) is 11.3 Å². The Balaban J connectivity index is 2.14. The first-order valence-corrected chi connectivity index (χ1v) is 5.79. The number of carbonyl (C=O) groups is 1. The van der Waals surface area contributed by atoms with Crippen molar-refractivity contribution < 1.29 is 9.53 Å². The van der Waals surface area contributed by atoms with Crippen LogP contribution < -0.4 is 0 Å². The number of nitrogens with zero attached hydrogens (tertiary/aromatic N) is 2. The second kappa shape index (κ2) is 6.53. The Kier molecular flexibility index (Phi) is 5.28. The molecule has 0 spiro atoms. The lowest BCUT2D eigenvalue weighted by molar-refractivity contribution is -0.140. The Bertz CT molecular complexity index is 288. The predicted octanol–water partition coefficient (Wildman–Crippen LogP) is 1.53. The van der Waals surface area contributed by atoms with Crippen LogP contribution in [-0.2, 0) is 16.1 Å². The molecule has 15 heavy (non-hydrogen) atoms. The highest BCUT2D eigenvalue weighted by molar-refractivity contribution is 7.07. The molecule has 0 amide bonds. The van der Waals surface area contributed by atoms with Crippen LogP contribution in [0.15, 0.2) is 10.9 Å². The summed E-state index contributed by atoms with van der Waals surface area (Å²) in [6, 6.07) is 0. The van der Waals surface area contributed by atoms with Crippen molar-refractivity contribution in [1.29, 1.82) is 0 Å². The molecule has 1 aromatic heterocycles. The van der Waals surface area contributed by atoms with Gasteiger partial charge in [0.1, 0.15) is 0 Å². The molecule has 0 radical (unpaired) electrons. The van der Waals surface area contributed by atoms with Gasteiger partial charge in [-0.2, -0.15) is 0 Å². The Labute approximate surface area is 93.9 Å². The molecule has 84 valence electrons. The van der Waals surface area contributed by atoms with E-state index >= 15 is 0 Å². The number of hydrogen-bond acceptors (Lipinski definition) is 5. The van der Waals surface area contributed by atoms with E-state index in [0.29, 0.717) is 6.42 Å². The molecule has 1 aromatic rings. The fourth-order valence-corrected chi connectivity index (χ4v) is 1.82. The lowest BCUT2D eigenvalue weighted by atomic mass is 10.3. The average Bonchev–Trinajstić information content (AvgIpc) is 2.70. The van der Waals surface area contributed by atoms with Crippen LogP contribution in [0.25, 0.3) is 0 Å². The molecule has 0 saturated carbocycles. The van der Waals surface area contributed by atoms with Crippen LogP contribution in [0.5, 0.6) is 0 Å². The lowest BCUT2D eigenvalue weighted by Crippen LogP contribution is -2.20. The van der Waals surface area contributed by atoms with Crippen LogP contribution >= 0.6 is 11.3 Å². The standard InChI is InChI=1S/C10H16N2O2S/c1-12(5-3-4-10(13)14-2)6-9-7-15-8-11-9/h7-8H,3-6H2,1-2H3. The number of aromatic nitrogens is 1. The summed E-state index contributed by atoms with van der Waals surface area (Å²) >= 11 is 1.60. The molecule has 1 heterocycles. The number of hydrogen-bond donors (Lipinski definition) is 0. The molecule has 0 atom stereocenters. The minimum absolute atomic E-state index is 0.142. The normalized spacial score (nSPS) is 10.6. The predicted molar refractivity (Wildman–Crippen MR) is 59.7 cm³/mol. The van der Waals surface area contributed by atoms with Crippen LogP contribution in [0.2, 0.25) is 0 Å². The minimum Gasteiger partial charge on any atom is -0.469 e. The van der Waals surface area contributed by atoms with E-state index in [9.17, 15) is 4.79 Å². The van der Waals surface area contributed by atoms with Crippen molar-refractivity contribution in [3.8, 4) is 0 Å². The van der Waals surface area contributed by atoms with Crippen molar-refractivity contribution in [2.24, 2.45) is 0 Å². The van der Waals surface area contributed by atoms with Gasteiger partial charge < -0.3 is 9.64 Å². The largest absolute Gasteiger partial charge is 0.469 e. The summed E-state index contributed by atoms with van der Waals surface area (Å²) in [7, 11) is 3.44. The maximum atomic E-state index is 10.9. The van der Waals surface area contributed by atoms with Gasteiger partial charge >= 0.3 is 5.97 Å². The van der Waals surface area contributed by atoms with Crippen molar-refractivity contribution in [2.45, 2.75) is 19.4 Å². The summed E-state index contributed by atoms with van der Waals surface area (Å²) in [5.74, 6) is -0.142. The summed E-state index contributed by atoms with van der Waals surface area (Å²) in [4.78, 5) is 17.2. The van der Waals surface area contributed by atoms with Crippen LogP contribution in [0.1, 0.15) is 18.5 Å². The van der Waals surface area contributed by atoms with Crippen molar-refractivity contribution in [3.05, 3.63) is 16.6 Å². The number of esters is 1. The topological polar surface area (TPSA) is 42.4 Å². The SMILES string of the molecule is COC(=O)CCCN(C)Cc1cscn1. The third-order valence-electron chi connectivity index (χ3n) is 2.06. The molecule has 0 aliphatic carbocycles. The highest BCUT2D eigenvalue weighted by Crippen LogP contribution is 2.05. The molecule has 0 fully saturated rings. The van der Waals surface area contributed by atoms with Gasteiger partial charge in [0.2, 0.25) is 0 Å². The smallest absolute Gasteiger partial charge is 0.305 e. The zero-order valence-corrected chi connectivity index (χ0v) is 9.92. The zero-order chi connectivity index (χ0) is 11.1. The molecule has 0 bridgehead atoms. The lowest BCUT2D eigenvalue weighted by Gasteiger charge is -2.14. The van der Waals surface area contributed by atoms with E-state index in [2.05, 4.69) is 14.6 Å². The molecule has 0 aliphatic rings. The van der Waals surface area contributed by atoms with Gasteiger partial charge in [0.15, 0.2) is 0 Å². The molecule has 0 N–H and O–H groups in total. The summed E-state index contributed by atoms with van der Waals surface area (Å²) in [5, 5.41) is 2.04. The fourth-order valence-electron chi connectivity index (χ4n) is 1.27. The van der Waals surface area contributed by atoms with Crippen molar-refractivity contribution >= 4 is 17.3 Å². The molecule has 0 aliphatic heterocycles. The van der Waals surface area contributed by atoms with Crippen LogP contribution in [0, 0.1) is 0 Å². The van der Waals surface area contributed by atoms with Gasteiger partial charge in [-0.05, 0) is 20.0 Å². The number of carbonyl (C=O) groups excluding carboxylic acids is 1. The van der Waals surface area contributed by atoms with Gasteiger partial charge in [0.05, 0.1) is 18.3 Å². The Morgan fingerprint density at radius 3 is 3.07 bits per heavy atom. The molecule has 4 nitrogen and oxygen atoms in total. The molecular weight excluding hydrogens is 212 g/mol. The number of rotatable bonds is 6. The van der Waals surface area contributed by atoms with Crippen molar-refractivity contribution in [3.63, 3.8) is 0 Å². The molecule has 0 unspecified atom stereocenters. The number of ether oxygens (including phenoxy) is 1. The first-order valence-electron chi connectivity index (χ1n) is 4.85. The van der Waals surface area contributed by atoms with E-state index in [4.69, 9.17) is 0 Å². The molecule has 0 saturated heterocycles. The van der Waals surface area contributed by atoms with Crippen LogP contribution in [0.4, 0.5) is 0 Å². The van der Waals surface area contributed by atoms with E-state index in [1.807, 2.05) is 17.9 Å². The number of thiazole rings is 1. The maximum absolute atomic E-state index is 10.9. The summed E-state index contributed by atoms with van der Waals surface area (Å²) < 4.78 is 4.57. The second-order valence-electron chi connectivity index (χ2n) is 3.40. The monoisotopic (exact) mass is 228 g/mol. The number of methoxy groups -OCH3 is 1. The Morgan fingerprint density at radius 1 is 1.67 bits per heavy atom. The third kappa shape index (κ3) is 4.90. The van der Waals surface area contributed by atoms with E-state index < -0.39 is 0 Å². The Hall–Kier alpha value is -0.940. The highest BCUT2D eigenvalue weighted by atomic mass is 32.1. The molecule has 5 heteroatoms. The van der Waals surface area contributed by atoms with Gasteiger partial charge in [-0.1, -0.05) is 0 Å². The average molecular weight is 228 g/mol. The van der Waals surface area contributed by atoms with Gasteiger partial charge in [-0.15, -0.1) is 11.3 Å². The van der Waals surface area contributed by atoms with Crippen molar-refractivity contribution in [2.75, 3.05) is 20.7 Å². The highest BCUT2D eigenvalue weighted by Gasteiger charge is 2.04. The third-order valence-corrected chi connectivity index (χ3v) is 2.70. The summed E-state index contributed by atoms with van der Waals surface area (Å²) in [6.07, 6.45) is 1.31. The molecule has 0 aromatic carbocycles. The summed E-state index contributed by atoms with van der Waals surface area (Å²) in [6.45, 7) is 1.72. The maximum Gasteiger partial charge on any atom is 0.305 e. The van der Waals surface area contributed by atoms with Crippen LogP contribution in [0.3, 0.4) is 0 Å². The second-order valence-corrected chi connectivity index (χ2v) is 4.12. The minimum atomic E-state index is -0.142. The van der Waals surface area contributed by atoms with Crippen molar-refractivity contribution in [1.82, 2.24) is 9.88 Å². The molecule has 1 rings (SSSR count). The Morgan fingerprint density at radius 2 is 2.47 bits per heavy atom. The first-order chi connectivity index (χ1) is 7.22. The van der Waals surface area contributed by atoms with E-state index in [-0.39, 0.29) is 5.97 Å².